The van der Waals surface area contributed by atoms with E-state index in [0.29, 0.717) is 0 Å². The van der Waals surface area contributed by atoms with Gasteiger partial charge in [0.05, 0.1) is 5.56 Å². The maximum atomic E-state index is 12.1. The summed E-state index contributed by atoms with van der Waals surface area (Å²) in [7, 11) is -2.69. The summed E-state index contributed by atoms with van der Waals surface area (Å²) < 4.78 is 47.4. The third kappa shape index (κ3) is 3.01. The third-order valence-corrected chi connectivity index (χ3v) is 2.69. The molecule has 1 unspecified atom stereocenters. The number of nitrogens with zero attached hydrogens (tertiary/aromatic N) is 3. The van der Waals surface area contributed by atoms with Crippen molar-refractivity contribution in [1.29, 1.82) is 0 Å². The van der Waals surface area contributed by atoms with E-state index in [0.717, 1.165) is 24.3 Å². The Morgan fingerprint density at radius 1 is 1.27 bits per heavy atom. The van der Waals surface area contributed by atoms with E-state index in [2.05, 4.69) is 9.80 Å². The quantitative estimate of drug-likeness (QED) is 0.336. The van der Waals surface area contributed by atoms with Crippen molar-refractivity contribution in [3.05, 3.63) is 40.3 Å². The maximum absolute atomic E-state index is 12.1. The third-order valence-electron chi connectivity index (χ3n) is 1.59. The number of benzene rings is 1. The molecule has 15 heavy (non-hydrogen) atoms. The molecule has 8 heteroatoms. The fourth-order valence-corrected chi connectivity index (χ4v) is 1.55. The largest absolute Gasteiger partial charge is 0.416 e. The highest BCUT2D eigenvalue weighted by Crippen LogP contribution is 2.30. The first-order chi connectivity index (χ1) is 6.95. The molecule has 0 fully saturated rings. The van der Waals surface area contributed by atoms with E-state index in [9.17, 15) is 17.7 Å². The summed E-state index contributed by atoms with van der Waals surface area (Å²) in [4.78, 5) is 5.25. The van der Waals surface area contributed by atoms with Crippen molar-refractivity contribution in [3.63, 3.8) is 0 Å². The van der Waals surface area contributed by atoms with E-state index in [4.69, 9.17) is 5.53 Å². The molecule has 0 N–H and O–H groups in total. The minimum Gasteiger partial charge on any atom is -0.315 e. The number of hydrogen-bond acceptors (Lipinski definition) is 1. The van der Waals surface area contributed by atoms with E-state index in [1.807, 2.05) is 0 Å². The first-order valence-electron chi connectivity index (χ1n) is 3.72. The van der Waals surface area contributed by atoms with Gasteiger partial charge in [0.25, 0.3) is 0 Å². The summed E-state index contributed by atoms with van der Waals surface area (Å²) in [5.41, 5.74) is 7.15. The minimum absolute atomic E-state index is 0.103. The predicted molar refractivity (Wildman–Crippen MR) is 49.2 cm³/mol. The first kappa shape index (κ1) is 11.6. The topological polar surface area (TPSA) is 65.8 Å². The average molecular weight is 235 g/mol. The summed E-state index contributed by atoms with van der Waals surface area (Å²) in [5, 5.41) is 0.103. The van der Waals surface area contributed by atoms with Gasteiger partial charge in [-0.3, -0.25) is 0 Å². The lowest BCUT2D eigenvalue weighted by Crippen LogP contribution is -2.06. The molecule has 0 aliphatic carbocycles. The number of rotatable bonds is 2. The molecule has 0 radical (unpaired) electrons. The second-order valence-corrected chi connectivity index (χ2v) is 3.96. The standard InChI is InChI=1S/C7H5F3N3OP/c8-7(9,10)5-1-3-6(4-2-5)15(14)13-12-11/h1-4,15H. The van der Waals surface area contributed by atoms with E-state index in [-0.39, 0.29) is 5.30 Å². The number of alkyl halides is 3. The van der Waals surface area contributed by atoms with Gasteiger partial charge < -0.3 is 4.57 Å². The van der Waals surface area contributed by atoms with Crippen LogP contribution in [0, 0.1) is 0 Å². The van der Waals surface area contributed by atoms with Crippen LogP contribution >= 0.6 is 7.95 Å². The summed E-state index contributed by atoms with van der Waals surface area (Å²) in [6.45, 7) is 0. The second kappa shape index (κ2) is 4.38. The van der Waals surface area contributed by atoms with Gasteiger partial charge in [0.2, 0.25) is 0 Å². The van der Waals surface area contributed by atoms with Crippen LogP contribution in [0.5, 0.6) is 0 Å². The van der Waals surface area contributed by atoms with Crippen molar-refractivity contribution >= 4 is 13.3 Å². The van der Waals surface area contributed by atoms with Crippen LogP contribution in [0.1, 0.15) is 5.56 Å². The van der Waals surface area contributed by atoms with Gasteiger partial charge in [0.1, 0.15) is 0 Å². The minimum atomic E-state index is -4.42. The van der Waals surface area contributed by atoms with E-state index in [1.165, 1.54) is 0 Å². The molecular formula is C7H5F3N3OP. The molecular weight excluding hydrogens is 230 g/mol. The zero-order valence-corrected chi connectivity index (χ0v) is 8.19. The summed E-state index contributed by atoms with van der Waals surface area (Å²) in [5.74, 6) is 0. The molecule has 1 aromatic carbocycles. The molecule has 0 aliphatic heterocycles. The lowest BCUT2D eigenvalue weighted by atomic mass is 10.2. The van der Waals surface area contributed by atoms with Crippen molar-refractivity contribution in [2.75, 3.05) is 0 Å². The van der Waals surface area contributed by atoms with Gasteiger partial charge in [-0.05, 0) is 22.5 Å². The fourth-order valence-electron chi connectivity index (χ4n) is 0.900. The molecule has 1 rings (SSSR count). The molecule has 0 aliphatic rings. The van der Waals surface area contributed by atoms with Gasteiger partial charge in [0.15, 0.2) is 7.95 Å². The Balaban J connectivity index is 3.00. The van der Waals surface area contributed by atoms with Crippen LogP contribution in [-0.4, -0.2) is 0 Å². The summed E-state index contributed by atoms with van der Waals surface area (Å²) >= 11 is 0. The molecule has 0 heterocycles. The number of halogens is 3. The summed E-state index contributed by atoms with van der Waals surface area (Å²) in [6, 6.07) is 3.67. The van der Waals surface area contributed by atoms with Gasteiger partial charge in [-0.15, -0.1) is 0 Å². The highest BCUT2D eigenvalue weighted by atomic mass is 31.1. The maximum Gasteiger partial charge on any atom is 0.416 e. The highest BCUT2D eigenvalue weighted by molar-refractivity contribution is 7.51. The van der Waals surface area contributed by atoms with Crippen LogP contribution in [0.2, 0.25) is 0 Å². The van der Waals surface area contributed by atoms with Crippen molar-refractivity contribution in [1.82, 2.24) is 0 Å². The van der Waals surface area contributed by atoms with Crippen LogP contribution in [0.15, 0.2) is 29.2 Å². The smallest absolute Gasteiger partial charge is 0.315 e. The Hall–Kier alpha value is -1.45. The van der Waals surface area contributed by atoms with Crippen molar-refractivity contribution in [2.24, 2.45) is 4.88 Å². The molecule has 0 bridgehead atoms. The Morgan fingerprint density at radius 3 is 2.20 bits per heavy atom. The van der Waals surface area contributed by atoms with Crippen LogP contribution in [0.25, 0.3) is 10.4 Å². The van der Waals surface area contributed by atoms with Gasteiger partial charge in [-0.2, -0.15) is 13.2 Å². The molecule has 0 saturated heterocycles. The average Bonchev–Trinajstić information content (AvgIpc) is 2.17. The van der Waals surface area contributed by atoms with Crippen LogP contribution in [-0.2, 0) is 10.7 Å². The molecule has 0 amide bonds. The molecule has 80 valence electrons. The molecule has 0 spiro atoms. The van der Waals surface area contributed by atoms with E-state index >= 15 is 0 Å². The van der Waals surface area contributed by atoms with Crippen LogP contribution < -0.4 is 5.30 Å². The van der Waals surface area contributed by atoms with Crippen molar-refractivity contribution in [2.45, 2.75) is 6.18 Å². The van der Waals surface area contributed by atoms with Gasteiger partial charge in [-0.1, -0.05) is 12.1 Å². The second-order valence-electron chi connectivity index (χ2n) is 2.57. The zero-order chi connectivity index (χ0) is 11.5. The Morgan fingerprint density at radius 2 is 1.80 bits per heavy atom. The molecule has 0 saturated carbocycles. The van der Waals surface area contributed by atoms with Gasteiger partial charge >= 0.3 is 6.18 Å². The SMILES string of the molecule is [N-]=[N+]=N[PH](=O)c1ccc(C(F)(F)F)cc1. The summed E-state index contributed by atoms with van der Waals surface area (Å²) in [6.07, 6.45) is -4.42. The van der Waals surface area contributed by atoms with Crippen LogP contribution in [0.3, 0.4) is 0 Å². The normalized spacial score (nSPS) is 13.0. The Kier molecular flexibility index (Phi) is 3.39. The lowest BCUT2D eigenvalue weighted by molar-refractivity contribution is -0.137. The fraction of sp³-hybridized carbons (Fsp3) is 0.143. The van der Waals surface area contributed by atoms with Gasteiger partial charge in [-0.25, -0.2) is 0 Å². The lowest BCUT2D eigenvalue weighted by Gasteiger charge is -2.06. The predicted octanol–water partition coefficient (Wildman–Crippen LogP) is 3.12. The Labute approximate surface area is 83.2 Å². The monoisotopic (exact) mass is 235 g/mol. The first-order valence-corrected chi connectivity index (χ1v) is 5.07. The van der Waals surface area contributed by atoms with Crippen molar-refractivity contribution in [3.8, 4) is 0 Å². The van der Waals surface area contributed by atoms with E-state index < -0.39 is 19.7 Å². The molecule has 1 aromatic rings. The molecule has 4 nitrogen and oxygen atoms in total. The van der Waals surface area contributed by atoms with Crippen molar-refractivity contribution < 1.29 is 17.7 Å². The number of hydrogen-bond donors (Lipinski definition) is 0. The molecule has 0 aromatic heterocycles. The van der Waals surface area contributed by atoms with Gasteiger partial charge in [0, 0.05) is 10.2 Å². The molecule has 1 atom stereocenters. The van der Waals surface area contributed by atoms with Crippen LogP contribution in [0.4, 0.5) is 13.2 Å². The number of azide groups is 1. The van der Waals surface area contributed by atoms with E-state index in [1.54, 1.807) is 0 Å². The zero-order valence-electron chi connectivity index (χ0n) is 7.19. The Bertz CT molecular complexity index is 422. The highest BCUT2D eigenvalue weighted by Gasteiger charge is 2.30.